The highest BCUT2D eigenvalue weighted by Gasteiger charge is 2.31. The van der Waals surface area contributed by atoms with Crippen LogP contribution in [0.15, 0.2) is 27.8 Å². The highest BCUT2D eigenvalue weighted by molar-refractivity contribution is 7.47. The van der Waals surface area contributed by atoms with Gasteiger partial charge < -0.3 is 4.74 Å². The third-order valence-corrected chi connectivity index (χ3v) is 4.68. The van der Waals surface area contributed by atoms with Crippen molar-refractivity contribution in [3.8, 4) is 5.75 Å². The highest BCUT2D eigenvalue weighted by Crippen LogP contribution is 2.32. The van der Waals surface area contributed by atoms with E-state index in [1.807, 2.05) is 0 Å². The number of hydrogen-bond acceptors (Lipinski definition) is 4. The van der Waals surface area contributed by atoms with E-state index < -0.39 is 18.8 Å². The molecule has 7 nitrogen and oxygen atoms in total. The minimum Gasteiger partial charge on any atom is -0.497 e. The summed E-state index contributed by atoms with van der Waals surface area (Å²) >= 11 is 0. The Labute approximate surface area is 108 Å². The zero-order valence-electron chi connectivity index (χ0n) is 9.97. The molecule has 98 valence electrons. The number of carbonyl (C=O) groups excluding carboxylic acids is 1. The van der Waals surface area contributed by atoms with Gasteiger partial charge in [0.2, 0.25) is 0 Å². The van der Waals surface area contributed by atoms with E-state index in [4.69, 9.17) is 4.74 Å². The first-order chi connectivity index (χ1) is 9.10. The minimum absolute atomic E-state index is 0.266. The van der Waals surface area contributed by atoms with Crippen LogP contribution in [0.1, 0.15) is 15.9 Å². The predicted molar refractivity (Wildman–Crippen MR) is 69.6 cm³/mol. The van der Waals surface area contributed by atoms with E-state index >= 15 is 0 Å². The van der Waals surface area contributed by atoms with Crippen molar-refractivity contribution >= 4 is 13.8 Å². The van der Waals surface area contributed by atoms with E-state index in [1.165, 1.54) is 11.8 Å². The number of ether oxygens (including phenoxy) is 1. The number of hydrogen-bond donors (Lipinski definition) is 2. The number of aromatic amines is 2. The van der Waals surface area contributed by atoms with Crippen LogP contribution < -0.4 is 20.4 Å². The van der Waals surface area contributed by atoms with Crippen LogP contribution in [0.3, 0.4) is 0 Å². The maximum absolute atomic E-state index is 12.3. The molecule has 1 atom stereocenters. The second kappa shape index (κ2) is 4.13. The van der Waals surface area contributed by atoms with Crippen LogP contribution in [0.4, 0.5) is 0 Å². The summed E-state index contributed by atoms with van der Waals surface area (Å²) in [6.07, 6.45) is 0. The SMILES string of the molecule is COc1ccc2c(c1)C(=O)N(p1[nH]c(=O)[nH]c1=O)C2. The van der Waals surface area contributed by atoms with Crippen LogP contribution in [0.25, 0.3) is 0 Å². The molecule has 0 saturated heterocycles. The van der Waals surface area contributed by atoms with Crippen LogP contribution in [0.5, 0.6) is 5.75 Å². The molecule has 1 aromatic heterocycles. The Hall–Kier alpha value is -2.27. The van der Waals surface area contributed by atoms with Crippen LogP contribution in [-0.2, 0) is 6.54 Å². The van der Waals surface area contributed by atoms with E-state index in [0.29, 0.717) is 17.9 Å². The minimum atomic E-state index is -1.65. The summed E-state index contributed by atoms with van der Waals surface area (Å²) in [5, 5.41) is -0.451. The number of rotatable bonds is 2. The highest BCUT2D eigenvalue weighted by atomic mass is 31.1. The number of nitrogens with zero attached hydrogens (tertiary/aromatic N) is 1. The number of H-pyrrole nitrogens is 2. The number of benzene rings is 1. The lowest BCUT2D eigenvalue weighted by Crippen LogP contribution is -2.23. The van der Waals surface area contributed by atoms with Gasteiger partial charge in [-0.1, -0.05) is 6.07 Å². The molecular formula is C11H10N3O4P. The van der Waals surface area contributed by atoms with E-state index in [9.17, 15) is 14.4 Å². The van der Waals surface area contributed by atoms with Crippen molar-refractivity contribution < 1.29 is 9.53 Å². The van der Waals surface area contributed by atoms with Crippen molar-refractivity contribution in [1.29, 1.82) is 0 Å². The molecule has 1 amide bonds. The van der Waals surface area contributed by atoms with Gasteiger partial charge in [-0.05, 0) is 17.7 Å². The molecule has 0 saturated carbocycles. The molecule has 1 unspecified atom stereocenters. The molecule has 2 aromatic rings. The molecule has 19 heavy (non-hydrogen) atoms. The van der Waals surface area contributed by atoms with Crippen molar-refractivity contribution in [2.75, 3.05) is 11.8 Å². The first-order valence-electron chi connectivity index (χ1n) is 5.50. The summed E-state index contributed by atoms with van der Waals surface area (Å²) in [6.45, 7) is 0.317. The Morgan fingerprint density at radius 1 is 1.32 bits per heavy atom. The number of amides is 1. The zero-order valence-corrected chi connectivity index (χ0v) is 10.9. The third kappa shape index (κ3) is 1.79. The van der Waals surface area contributed by atoms with Crippen molar-refractivity contribution in [3.05, 3.63) is 49.9 Å². The van der Waals surface area contributed by atoms with Crippen LogP contribution in [0.2, 0.25) is 0 Å². The Morgan fingerprint density at radius 3 is 2.74 bits per heavy atom. The molecule has 1 aromatic carbocycles. The fourth-order valence-corrected chi connectivity index (χ4v) is 3.53. The third-order valence-electron chi connectivity index (χ3n) is 2.96. The molecule has 2 N–H and O–H groups in total. The Kier molecular flexibility index (Phi) is 2.57. The van der Waals surface area contributed by atoms with Gasteiger partial charge in [-0.2, -0.15) is 0 Å². The summed E-state index contributed by atoms with van der Waals surface area (Å²) in [4.78, 5) is 37.1. The van der Waals surface area contributed by atoms with E-state index in [2.05, 4.69) is 9.73 Å². The fraction of sp³-hybridized carbons (Fsp3) is 0.182. The number of methoxy groups -OCH3 is 1. The van der Waals surface area contributed by atoms with E-state index in [-0.39, 0.29) is 5.91 Å². The summed E-state index contributed by atoms with van der Waals surface area (Å²) in [5.74, 6) is 0.319. The van der Waals surface area contributed by atoms with Gasteiger partial charge in [0.25, 0.3) is 5.91 Å². The van der Waals surface area contributed by atoms with Crippen molar-refractivity contribution in [3.63, 3.8) is 0 Å². The number of aromatic nitrogens is 2. The number of fused-ring (bicyclic) bond motifs is 1. The standard InChI is InChI=1S/C11H10N3O4P/c1-18-7-3-2-6-5-14(9(15)8(6)4-7)19-11(17)12-10(16)13-19/h2-4H,5H2,1H3,(H2,12,13,16,17). The first-order valence-corrected chi connectivity index (χ1v) is 6.80. The van der Waals surface area contributed by atoms with Crippen molar-refractivity contribution in [1.82, 2.24) is 9.73 Å². The molecular weight excluding hydrogens is 269 g/mol. The van der Waals surface area contributed by atoms with Gasteiger partial charge in [-0.25, -0.2) is 4.79 Å². The van der Waals surface area contributed by atoms with Gasteiger partial charge in [0.15, 0.2) is 0 Å². The average Bonchev–Trinajstić information content (AvgIpc) is 2.89. The Morgan fingerprint density at radius 2 is 2.11 bits per heavy atom. The van der Waals surface area contributed by atoms with Crippen molar-refractivity contribution in [2.24, 2.45) is 0 Å². The van der Waals surface area contributed by atoms with E-state index in [0.717, 1.165) is 5.56 Å². The molecule has 1 aliphatic rings. The van der Waals surface area contributed by atoms with Gasteiger partial charge in [0.1, 0.15) is 13.6 Å². The molecule has 0 radical (unpaired) electrons. The Balaban J connectivity index is 2.06. The molecule has 3 rings (SSSR count). The predicted octanol–water partition coefficient (Wildman–Crippen LogP) is 0.350. The topological polar surface area (TPSA) is 95.3 Å². The average molecular weight is 279 g/mol. The van der Waals surface area contributed by atoms with Crippen LogP contribution in [-0.4, -0.2) is 22.7 Å². The summed E-state index contributed by atoms with van der Waals surface area (Å²) in [5.41, 5.74) is 0.774. The number of nitrogens with one attached hydrogen (secondary N) is 2. The Bertz CT molecular complexity index is 773. The maximum atomic E-state index is 12.3. The summed E-state index contributed by atoms with van der Waals surface area (Å²) < 4.78 is 8.94. The lowest BCUT2D eigenvalue weighted by Gasteiger charge is -2.11. The monoisotopic (exact) mass is 279 g/mol. The molecule has 1 aliphatic heterocycles. The van der Waals surface area contributed by atoms with Gasteiger partial charge in [-0.15, -0.1) is 0 Å². The lowest BCUT2D eigenvalue weighted by atomic mass is 10.1. The smallest absolute Gasteiger partial charge is 0.330 e. The zero-order chi connectivity index (χ0) is 13.6. The number of carbonyl (C=O) groups is 1. The van der Waals surface area contributed by atoms with Crippen LogP contribution in [0, 0.1) is 0 Å². The molecule has 2 heterocycles. The summed E-state index contributed by atoms with van der Waals surface area (Å²) in [7, 11) is -0.131. The molecule has 0 aliphatic carbocycles. The quantitative estimate of drug-likeness (QED) is 0.829. The van der Waals surface area contributed by atoms with Gasteiger partial charge in [-0.3, -0.25) is 24.0 Å². The summed E-state index contributed by atoms with van der Waals surface area (Å²) in [6, 6.07) is 5.19. The largest absolute Gasteiger partial charge is 0.497 e. The normalized spacial score (nSPS) is 14.7. The van der Waals surface area contributed by atoms with Gasteiger partial charge in [0.05, 0.1) is 13.7 Å². The lowest BCUT2D eigenvalue weighted by molar-refractivity contribution is 0.100. The molecule has 0 spiro atoms. The maximum Gasteiger partial charge on any atom is 0.330 e. The first kappa shape index (κ1) is 11.8. The molecule has 8 heteroatoms. The van der Waals surface area contributed by atoms with Gasteiger partial charge in [0, 0.05) is 5.56 Å². The second-order valence-corrected chi connectivity index (χ2v) is 5.81. The van der Waals surface area contributed by atoms with Gasteiger partial charge >= 0.3 is 11.0 Å². The molecule has 0 bridgehead atoms. The fourth-order valence-electron chi connectivity index (χ4n) is 2.05. The molecule has 0 fully saturated rings. The van der Waals surface area contributed by atoms with Crippen molar-refractivity contribution in [2.45, 2.75) is 6.54 Å². The van der Waals surface area contributed by atoms with Crippen LogP contribution >= 0.6 is 7.84 Å². The second-order valence-electron chi connectivity index (χ2n) is 4.07. The van der Waals surface area contributed by atoms with E-state index in [1.54, 1.807) is 18.2 Å².